The van der Waals surface area contributed by atoms with E-state index in [0.29, 0.717) is 0 Å². The van der Waals surface area contributed by atoms with Gasteiger partial charge in [-0.25, -0.2) is 0 Å². The van der Waals surface area contributed by atoms with E-state index in [0.717, 1.165) is 6.07 Å². The van der Waals surface area contributed by atoms with Crippen molar-refractivity contribution >= 4 is 27.5 Å². The number of ether oxygens (including phenoxy) is 1. The molecule has 0 aliphatic carbocycles. The van der Waals surface area contributed by atoms with Crippen LogP contribution in [0.4, 0.5) is 5.69 Å². The van der Waals surface area contributed by atoms with E-state index in [9.17, 15) is 18.0 Å². The van der Waals surface area contributed by atoms with Crippen LogP contribution in [0.1, 0.15) is 19.4 Å². The number of carbonyl (C=O) groups is 2. The molecule has 1 aromatic rings. The van der Waals surface area contributed by atoms with Gasteiger partial charge in [0.25, 0.3) is 10.1 Å². The van der Waals surface area contributed by atoms with Crippen molar-refractivity contribution in [3.63, 3.8) is 0 Å². The third-order valence-electron chi connectivity index (χ3n) is 3.04. The van der Waals surface area contributed by atoms with Crippen LogP contribution in [0.15, 0.2) is 17.0 Å². The average molecular weight is 315 g/mol. The topological polar surface area (TPSA) is 110 Å². The lowest BCUT2D eigenvalue weighted by molar-refractivity contribution is -0.129. The fourth-order valence-corrected chi connectivity index (χ4v) is 2.36. The summed E-state index contributed by atoms with van der Waals surface area (Å²) in [6.45, 7) is 4.23. The van der Waals surface area contributed by atoms with Crippen LogP contribution in [-0.2, 0) is 19.7 Å². The molecule has 0 aliphatic rings. The molecule has 21 heavy (non-hydrogen) atoms. The Bertz CT molecular complexity index is 680. The SMILES string of the molecule is COc1cc(S(=O)(=O)O)c(C)cc1NC(=O)C(C)C(C)=O. The number of aryl methyl sites for hydroxylation is 1. The average Bonchev–Trinajstić information content (AvgIpc) is 2.36. The van der Waals surface area contributed by atoms with Gasteiger partial charge in [0.1, 0.15) is 16.4 Å². The van der Waals surface area contributed by atoms with Gasteiger partial charge in [-0.1, -0.05) is 0 Å². The number of hydrogen-bond donors (Lipinski definition) is 2. The number of nitrogens with one attached hydrogen (secondary N) is 1. The molecule has 0 saturated carbocycles. The van der Waals surface area contributed by atoms with Crippen LogP contribution in [-0.4, -0.2) is 31.8 Å². The van der Waals surface area contributed by atoms with Crippen molar-refractivity contribution in [2.75, 3.05) is 12.4 Å². The molecule has 0 heterocycles. The third kappa shape index (κ3) is 4.02. The first kappa shape index (κ1) is 17.1. The number of carbonyl (C=O) groups excluding carboxylic acids is 2. The second-order valence-corrected chi connectivity index (χ2v) is 6.00. The third-order valence-corrected chi connectivity index (χ3v) is 4.03. The van der Waals surface area contributed by atoms with Crippen LogP contribution in [0.2, 0.25) is 0 Å². The van der Waals surface area contributed by atoms with Gasteiger partial charge in [0.15, 0.2) is 0 Å². The Morgan fingerprint density at radius 1 is 1.33 bits per heavy atom. The fraction of sp³-hybridized carbons (Fsp3) is 0.385. The zero-order valence-electron chi connectivity index (χ0n) is 12.1. The maximum atomic E-state index is 11.9. The van der Waals surface area contributed by atoms with Crippen LogP contribution < -0.4 is 10.1 Å². The Morgan fingerprint density at radius 3 is 2.33 bits per heavy atom. The zero-order chi connectivity index (χ0) is 16.4. The van der Waals surface area contributed by atoms with Crippen LogP contribution in [0.3, 0.4) is 0 Å². The number of benzene rings is 1. The van der Waals surface area contributed by atoms with E-state index >= 15 is 0 Å². The molecule has 1 aromatic carbocycles. The Morgan fingerprint density at radius 2 is 1.90 bits per heavy atom. The van der Waals surface area contributed by atoms with E-state index in [4.69, 9.17) is 9.29 Å². The first-order valence-electron chi connectivity index (χ1n) is 6.05. The minimum atomic E-state index is -4.39. The van der Waals surface area contributed by atoms with Gasteiger partial charge in [-0.2, -0.15) is 8.42 Å². The molecule has 1 amide bonds. The molecule has 116 valence electrons. The van der Waals surface area contributed by atoms with Gasteiger partial charge < -0.3 is 10.1 Å². The van der Waals surface area contributed by atoms with Crippen LogP contribution in [0.25, 0.3) is 0 Å². The largest absolute Gasteiger partial charge is 0.495 e. The van der Waals surface area contributed by atoms with E-state index in [1.165, 1.54) is 33.9 Å². The molecule has 1 atom stereocenters. The highest BCUT2D eigenvalue weighted by Crippen LogP contribution is 2.31. The quantitative estimate of drug-likeness (QED) is 0.628. The maximum Gasteiger partial charge on any atom is 0.294 e. The number of rotatable bonds is 5. The second kappa shape index (κ2) is 6.23. The summed E-state index contributed by atoms with van der Waals surface area (Å²) >= 11 is 0. The van der Waals surface area contributed by atoms with E-state index in [2.05, 4.69) is 5.32 Å². The molecule has 0 spiro atoms. The summed E-state index contributed by atoms with van der Waals surface area (Å²) in [7, 11) is -3.09. The molecule has 0 saturated heterocycles. The fourth-order valence-electron chi connectivity index (χ4n) is 1.64. The molecule has 8 heteroatoms. The lowest BCUT2D eigenvalue weighted by Gasteiger charge is -2.15. The van der Waals surface area contributed by atoms with Crippen LogP contribution >= 0.6 is 0 Å². The molecule has 1 unspecified atom stereocenters. The normalized spacial score (nSPS) is 12.6. The molecule has 0 bridgehead atoms. The molecule has 0 aliphatic heterocycles. The Balaban J connectivity index is 3.24. The smallest absolute Gasteiger partial charge is 0.294 e. The van der Waals surface area contributed by atoms with E-state index < -0.39 is 21.9 Å². The summed E-state index contributed by atoms with van der Waals surface area (Å²) in [5, 5.41) is 2.50. The summed E-state index contributed by atoms with van der Waals surface area (Å²) in [6, 6.07) is 2.46. The predicted molar refractivity (Wildman–Crippen MR) is 76.0 cm³/mol. The molecule has 1 rings (SSSR count). The minimum absolute atomic E-state index is 0.0670. The van der Waals surface area contributed by atoms with Gasteiger partial charge in [-0.3, -0.25) is 14.1 Å². The number of Topliss-reactive ketones (excluding diaryl/α,β-unsaturated/α-hetero) is 1. The number of amides is 1. The number of ketones is 1. The molecule has 7 nitrogen and oxygen atoms in total. The molecular formula is C13H17NO6S. The molecule has 0 radical (unpaired) electrons. The highest BCUT2D eigenvalue weighted by molar-refractivity contribution is 7.85. The highest BCUT2D eigenvalue weighted by Gasteiger charge is 2.21. The summed E-state index contributed by atoms with van der Waals surface area (Å²) in [5.41, 5.74) is 0.463. The summed E-state index contributed by atoms with van der Waals surface area (Å²) < 4.78 is 36.6. The number of anilines is 1. The van der Waals surface area contributed by atoms with Crippen molar-refractivity contribution in [1.29, 1.82) is 0 Å². The van der Waals surface area contributed by atoms with Gasteiger partial charge in [0.2, 0.25) is 5.91 Å². The van der Waals surface area contributed by atoms with Gasteiger partial charge >= 0.3 is 0 Å². The maximum absolute atomic E-state index is 11.9. The second-order valence-electron chi connectivity index (χ2n) is 4.61. The summed E-state index contributed by atoms with van der Waals surface area (Å²) in [5.74, 6) is -1.59. The minimum Gasteiger partial charge on any atom is -0.495 e. The van der Waals surface area contributed by atoms with Crippen LogP contribution in [0.5, 0.6) is 5.75 Å². The monoisotopic (exact) mass is 315 g/mol. The van der Waals surface area contributed by atoms with Crippen LogP contribution in [0, 0.1) is 12.8 Å². The number of hydrogen-bond acceptors (Lipinski definition) is 5. The van der Waals surface area contributed by atoms with Crippen molar-refractivity contribution in [3.8, 4) is 5.75 Å². The van der Waals surface area contributed by atoms with Crippen molar-refractivity contribution in [3.05, 3.63) is 17.7 Å². The zero-order valence-corrected chi connectivity index (χ0v) is 12.9. The van der Waals surface area contributed by atoms with Gasteiger partial charge in [0.05, 0.1) is 18.7 Å². The lowest BCUT2D eigenvalue weighted by Crippen LogP contribution is -2.25. The Labute approximate surface area is 123 Å². The molecule has 0 fully saturated rings. The standard InChI is InChI=1S/C13H17NO6S/c1-7-5-10(14-13(16)8(2)9(3)15)11(20-4)6-12(7)21(17,18)19/h5-6,8H,1-4H3,(H,14,16)(H,17,18,19). The summed E-state index contributed by atoms with van der Waals surface area (Å²) in [6.07, 6.45) is 0. The number of methoxy groups -OCH3 is 1. The van der Waals surface area contributed by atoms with Crippen molar-refractivity contribution in [2.45, 2.75) is 25.7 Å². The van der Waals surface area contributed by atoms with Crippen molar-refractivity contribution in [1.82, 2.24) is 0 Å². The van der Waals surface area contributed by atoms with Crippen molar-refractivity contribution in [2.24, 2.45) is 5.92 Å². The first-order chi connectivity index (χ1) is 9.57. The van der Waals surface area contributed by atoms with E-state index in [1.807, 2.05) is 0 Å². The summed E-state index contributed by atoms with van der Waals surface area (Å²) in [4.78, 5) is 22.7. The van der Waals surface area contributed by atoms with Crippen molar-refractivity contribution < 1.29 is 27.3 Å². The highest BCUT2D eigenvalue weighted by atomic mass is 32.2. The molecule has 2 N–H and O–H groups in total. The first-order valence-corrected chi connectivity index (χ1v) is 7.49. The predicted octanol–water partition coefficient (Wildman–Crippen LogP) is 1.41. The van der Waals surface area contributed by atoms with Gasteiger partial charge in [0, 0.05) is 6.07 Å². The lowest BCUT2D eigenvalue weighted by atomic mass is 10.1. The van der Waals surface area contributed by atoms with E-state index in [-0.39, 0.29) is 27.7 Å². The molecule has 0 aromatic heterocycles. The van der Waals surface area contributed by atoms with Gasteiger partial charge in [-0.05, 0) is 32.4 Å². The Hall–Kier alpha value is -1.93. The Kier molecular flexibility index (Phi) is 5.08. The molecular weight excluding hydrogens is 298 g/mol. The van der Waals surface area contributed by atoms with Gasteiger partial charge in [-0.15, -0.1) is 0 Å². The van der Waals surface area contributed by atoms with E-state index in [1.54, 1.807) is 0 Å².